The number of halogens is 1. The van der Waals surface area contributed by atoms with E-state index in [2.05, 4.69) is 14.7 Å². The maximum absolute atomic E-state index is 13.9. The lowest BCUT2D eigenvalue weighted by Crippen LogP contribution is -2.15. The minimum absolute atomic E-state index is 0.0337. The van der Waals surface area contributed by atoms with Crippen LogP contribution in [0.5, 0.6) is 0 Å². The smallest absolute Gasteiger partial charge is 0.247 e. The van der Waals surface area contributed by atoms with Gasteiger partial charge in [-0.2, -0.15) is 0 Å². The summed E-state index contributed by atoms with van der Waals surface area (Å²) in [6.07, 6.45) is 0.943. The van der Waals surface area contributed by atoms with E-state index in [1.54, 1.807) is 48.5 Å². The van der Waals surface area contributed by atoms with Gasteiger partial charge in [-0.15, -0.1) is 0 Å². The number of benzene rings is 2. The van der Waals surface area contributed by atoms with Gasteiger partial charge >= 0.3 is 0 Å². The largest absolute Gasteiger partial charge is 0.264 e. The van der Waals surface area contributed by atoms with Crippen molar-refractivity contribution in [1.82, 2.24) is 9.97 Å². The lowest BCUT2D eigenvalue weighted by molar-refractivity contribution is 0.599. The summed E-state index contributed by atoms with van der Waals surface area (Å²) in [7, 11) is -3.82. The van der Waals surface area contributed by atoms with Crippen LogP contribution in [-0.4, -0.2) is 18.4 Å². The molecule has 0 bridgehead atoms. The molecular weight excluding hydrogens is 317 g/mol. The van der Waals surface area contributed by atoms with E-state index in [4.69, 9.17) is 0 Å². The van der Waals surface area contributed by atoms with Crippen molar-refractivity contribution >= 4 is 16.0 Å². The number of anilines is 1. The van der Waals surface area contributed by atoms with Gasteiger partial charge in [0.2, 0.25) is 5.95 Å². The lowest BCUT2D eigenvalue weighted by atomic mass is 10.1. The Labute approximate surface area is 132 Å². The first kappa shape index (κ1) is 15.1. The zero-order valence-electron chi connectivity index (χ0n) is 11.8. The van der Waals surface area contributed by atoms with Gasteiger partial charge in [-0.3, -0.25) is 0 Å². The minimum Gasteiger partial charge on any atom is -0.247 e. The van der Waals surface area contributed by atoms with E-state index >= 15 is 0 Å². The Bertz CT molecular complexity index is 917. The van der Waals surface area contributed by atoms with Crippen LogP contribution in [0.2, 0.25) is 0 Å². The fourth-order valence-corrected chi connectivity index (χ4v) is 2.97. The highest BCUT2D eigenvalue weighted by Crippen LogP contribution is 2.21. The predicted octanol–water partition coefficient (Wildman–Crippen LogP) is 3.08. The molecule has 0 saturated carbocycles. The Balaban J connectivity index is 1.96. The maximum atomic E-state index is 13.9. The zero-order valence-corrected chi connectivity index (χ0v) is 12.7. The highest BCUT2D eigenvalue weighted by Gasteiger charge is 2.17. The molecule has 5 nitrogen and oxygen atoms in total. The summed E-state index contributed by atoms with van der Waals surface area (Å²) < 4.78 is 40.7. The lowest BCUT2D eigenvalue weighted by Gasteiger charge is -2.08. The van der Waals surface area contributed by atoms with Crippen molar-refractivity contribution < 1.29 is 12.8 Å². The molecule has 0 fully saturated rings. The number of sulfonamides is 1. The number of nitrogens with zero attached hydrogens (tertiary/aromatic N) is 2. The van der Waals surface area contributed by atoms with E-state index in [1.165, 1.54) is 12.1 Å². The van der Waals surface area contributed by atoms with Crippen LogP contribution < -0.4 is 4.72 Å². The van der Waals surface area contributed by atoms with Crippen molar-refractivity contribution in [2.24, 2.45) is 0 Å². The van der Waals surface area contributed by atoms with Crippen LogP contribution in [0.3, 0.4) is 0 Å². The normalized spacial score (nSPS) is 11.2. The van der Waals surface area contributed by atoms with Crippen LogP contribution in [0.4, 0.5) is 10.3 Å². The van der Waals surface area contributed by atoms with Gasteiger partial charge in [-0.1, -0.05) is 48.5 Å². The first-order valence-corrected chi connectivity index (χ1v) is 8.20. The van der Waals surface area contributed by atoms with Crippen LogP contribution in [0.1, 0.15) is 0 Å². The van der Waals surface area contributed by atoms with Gasteiger partial charge in [0.05, 0.1) is 11.1 Å². The Hall–Kier alpha value is -2.80. The maximum Gasteiger partial charge on any atom is 0.264 e. The van der Waals surface area contributed by atoms with Crippen LogP contribution in [0, 0.1) is 5.82 Å². The first-order valence-electron chi connectivity index (χ1n) is 6.72. The summed E-state index contributed by atoms with van der Waals surface area (Å²) in [5.41, 5.74) is 0.568. The standard InChI is InChI=1S/C16H12FN3O2S/c17-14-11-18-16(19-15(14)12-7-3-1-4-8-12)20-23(21,22)13-9-5-2-6-10-13/h1-11H,(H,18,19,20). The number of rotatable bonds is 4. The van der Waals surface area contributed by atoms with E-state index in [1.807, 2.05) is 0 Å². The zero-order chi connectivity index (χ0) is 16.3. The molecule has 7 heteroatoms. The molecule has 1 aromatic heterocycles. The van der Waals surface area contributed by atoms with Crippen LogP contribution in [-0.2, 0) is 10.0 Å². The number of aromatic nitrogens is 2. The Kier molecular flexibility index (Phi) is 4.03. The average Bonchev–Trinajstić information content (AvgIpc) is 2.58. The summed E-state index contributed by atoms with van der Waals surface area (Å²) in [5.74, 6) is -0.812. The van der Waals surface area contributed by atoms with Crippen molar-refractivity contribution in [3.63, 3.8) is 0 Å². The molecule has 0 saturated heterocycles. The monoisotopic (exact) mass is 329 g/mol. The fourth-order valence-electron chi connectivity index (χ4n) is 1.99. The summed E-state index contributed by atoms with van der Waals surface area (Å²) in [4.78, 5) is 7.75. The Morgan fingerprint density at radius 1 is 0.913 bits per heavy atom. The van der Waals surface area contributed by atoms with Crippen LogP contribution >= 0.6 is 0 Å². The van der Waals surface area contributed by atoms with Gasteiger partial charge in [-0.25, -0.2) is 27.5 Å². The molecule has 0 atom stereocenters. The van der Waals surface area contributed by atoms with Crippen LogP contribution in [0.25, 0.3) is 11.3 Å². The van der Waals surface area contributed by atoms with Gasteiger partial charge in [0.15, 0.2) is 5.82 Å². The molecule has 0 aliphatic carbocycles. The van der Waals surface area contributed by atoms with Crippen molar-refractivity contribution in [3.05, 3.63) is 72.7 Å². The third kappa shape index (κ3) is 3.35. The summed E-state index contributed by atoms with van der Waals surface area (Å²) in [6, 6.07) is 16.5. The van der Waals surface area contributed by atoms with E-state index in [-0.39, 0.29) is 16.5 Å². The Morgan fingerprint density at radius 2 is 1.52 bits per heavy atom. The summed E-state index contributed by atoms with van der Waals surface area (Å²) in [5, 5.41) is 0. The molecular formula is C16H12FN3O2S. The fraction of sp³-hybridized carbons (Fsp3) is 0. The average molecular weight is 329 g/mol. The minimum atomic E-state index is -3.82. The van der Waals surface area contributed by atoms with Crippen molar-refractivity contribution in [2.45, 2.75) is 4.90 Å². The third-order valence-electron chi connectivity index (χ3n) is 3.07. The number of hydrogen-bond acceptors (Lipinski definition) is 4. The molecule has 1 N–H and O–H groups in total. The Morgan fingerprint density at radius 3 is 2.17 bits per heavy atom. The highest BCUT2D eigenvalue weighted by atomic mass is 32.2. The van der Waals surface area contributed by atoms with Gasteiger partial charge < -0.3 is 0 Å². The van der Waals surface area contributed by atoms with Crippen LogP contribution in [0.15, 0.2) is 71.8 Å². The second kappa shape index (κ2) is 6.13. The summed E-state index contributed by atoms with van der Waals surface area (Å²) >= 11 is 0. The molecule has 0 aliphatic heterocycles. The molecule has 116 valence electrons. The van der Waals surface area contributed by atoms with E-state index < -0.39 is 15.8 Å². The summed E-state index contributed by atoms with van der Waals surface area (Å²) in [6.45, 7) is 0. The highest BCUT2D eigenvalue weighted by molar-refractivity contribution is 7.92. The third-order valence-corrected chi connectivity index (χ3v) is 4.41. The molecule has 0 amide bonds. The van der Waals surface area contributed by atoms with Crippen molar-refractivity contribution in [3.8, 4) is 11.3 Å². The quantitative estimate of drug-likeness (QED) is 0.798. The van der Waals surface area contributed by atoms with E-state index in [0.29, 0.717) is 5.56 Å². The molecule has 0 radical (unpaired) electrons. The first-order chi connectivity index (χ1) is 11.1. The number of hydrogen-bond donors (Lipinski definition) is 1. The second-order valence-corrected chi connectivity index (χ2v) is 6.36. The molecule has 3 rings (SSSR count). The van der Waals surface area contributed by atoms with E-state index in [0.717, 1.165) is 6.20 Å². The molecule has 1 heterocycles. The molecule has 3 aromatic rings. The molecule has 0 unspecified atom stereocenters. The topological polar surface area (TPSA) is 72.0 Å². The van der Waals surface area contributed by atoms with E-state index in [9.17, 15) is 12.8 Å². The predicted molar refractivity (Wildman–Crippen MR) is 84.7 cm³/mol. The molecule has 0 aliphatic rings. The van der Waals surface area contributed by atoms with Gasteiger partial charge in [0.1, 0.15) is 5.69 Å². The van der Waals surface area contributed by atoms with Crippen molar-refractivity contribution in [2.75, 3.05) is 4.72 Å². The molecule has 23 heavy (non-hydrogen) atoms. The van der Waals surface area contributed by atoms with Gasteiger partial charge in [0.25, 0.3) is 10.0 Å². The van der Waals surface area contributed by atoms with Gasteiger partial charge in [0, 0.05) is 5.56 Å². The van der Waals surface area contributed by atoms with Gasteiger partial charge in [-0.05, 0) is 12.1 Å². The molecule has 2 aromatic carbocycles. The molecule has 0 spiro atoms. The second-order valence-electron chi connectivity index (χ2n) is 4.67. The number of nitrogens with one attached hydrogen (secondary N) is 1. The van der Waals surface area contributed by atoms with Crippen molar-refractivity contribution in [1.29, 1.82) is 0 Å². The SMILES string of the molecule is O=S(=O)(Nc1ncc(F)c(-c2ccccc2)n1)c1ccccc1.